The molecule has 1 saturated carbocycles. The molecular formula is C11H14BrNO. The van der Waals surface area contributed by atoms with Crippen molar-refractivity contribution in [2.45, 2.75) is 25.9 Å². The maximum atomic E-state index is 9.46. The van der Waals surface area contributed by atoms with Crippen LogP contribution in [-0.4, -0.2) is 11.1 Å². The van der Waals surface area contributed by atoms with Crippen LogP contribution in [-0.2, 0) is 6.54 Å². The summed E-state index contributed by atoms with van der Waals surface area (Å²) in [4.78, 5) is 0. The fourth-order valence-electron chi connectivity index (χ4n) is 1.55. The highest BCUT2D eigenvalue weighted by Crippen LogP contribution is 2.31. The summed E-state index contributed by atoms with van der Waals surface area (Å²) in [7, 11) is 0. The first-order valence-corrected chi connectivity index (χ1v) is 5.67. The molecule has 0 saturated heterocycles. The second kappa shape index (κ2) is 3.91. The van der Waals surface area contributed by atoms with E-state index in [0.29, 0.717) is 11.8 Å². The topological polar surface area (TPSA) is 32.3 Å². The summed E-state index contributed by atoms with van der Waals surface area (Å²) in [6.07, 6.45) is 1.27. The van der Waals surface area contributed by atoms with Gasteiger partial charge in [-0.3, -0.25) is 0 Å². The minimum atomic E-state index is 0.313. The van der Waals surface area contributed by atoms with Gasteiger partial charge >= 0.3 is 0 Å². The Kier molecular flexibility index (Phi) is 2.79. The Balaban J connectivity index is 1.98. The first kappa shape index (κ1) is 9.99. The van der Waals surface area contributed by atoms with Crippen LogP contribution in [0.1, 0.15) is 18.9 Å². The largest absolute Gasteiger partial charge is 0.507 e. The minimum Gasteiger partial charge on any atom is -0.507 e. The zero-order valence-electron chi connectivity index (χ0n) is 8.13. The van der Waals surface area contributed by atoms with Crippen molar-refractivity contribution in [3.8, 4) is 5.75 Å². The van der Waals surface area contributed by atoms with Crippen molar-refractivity contribution < 1.29 is 5.11 Å². The molecule has 2 N–H and O–H groups in total. The van der Waals surface area contributed by atoms with E-state index < -0.39 is 0 Å². The zero-order valence-corrected chi connectivity index (χ0v) is 9.71. The third-order valence-electron chi connectivity index (χ3n) is 2.72. The maximum absolute atomic E-state index is 9.46. The molecule has 2 unspecified atom stereocenters. The fourth-order valence-corrected chi connectivity index (χ4v) is 1.95. The lowest BCUT2D eigenvalue weighted by molar-refractivity contribution is 0.470. The summed E-state index contributed by atoms with van der Waals surface area (Å²) in [5, 5.41) is 12.9. The zero-order chi connectivity index (χ0) is 10.1. The van der Waals surface area contributed by atoms with Gasteiger partial charge in [-0.05, 0) is 39.9 Å². The summed E-state index contributed by atoms with van der Waals surface area (Å²) in [6, 6.07) is 6.24. The van der Waals surface area contributed by atoms with Crippen LogP contribution in [0.3, 0.4) is 0 Å². The van der Waals surface area contributed by atoms with Crippen molar-refractivity contribution in [2.75, 3.05) is 0 Å². The van der Waals surface area contributed by atoms with E-state index in [1.807, 2.05) is 12.1 Å². The van der Waals surface area contributed by atoms with Gasteiger partial charge in [0.15, 0.2) is 0 Å². The van der Waals surface area contributed by atoms with Crippen molar-refractivity contribution in [3.05, 3.63) is 28.2 Å². The van der Waals surface area contributed by atoms with Gasteiger partial charge in [0.1, 0.15) is 5.75 Å². The molecule has 1 aromatic carbocycles. The van der Waals surface area contributed by atoms with Crippen LogP contribution in [0.5, 0.6) is 5.75 Å². The van der Waals surface area contributed by atoms with Crippen molar-refractivity contribution in [2.24, 2.45) is 5.92 Å². The average Bonchev–Trinajstić information content (AvgIpc) is 2.85. The Morgan fingerprint density at radius 3 is 2.93 bits per heavy atom. The smallest absolute Gasteiger partial charge is 0.130 e. The van der Waals surface area contributed by atoms with E-state index in [2.05, 4.69) is 28.2 Å². The summed E-state index contributed by atoms with van der Waals surface area (Å²) in [6.45, 7) is 3.07. The molecule has 1 aromatic rings. The molecule has 1 aliphatic carbocycles. The molecule has 0 aliphatic heterocycles. The van der Waals surface area contributed by atoms with Gasteiger partial charge in [0.05, 0.1) is 4.47 Å². The van der Waals surface area contributed by atoms with E-state index in [1.165, 1.54) is 6.42 Å². The van der Waals surface area contributed by atoms with Crippen molar-refractivity contribution >= 4 is 15.9 Å². The predicted molar refractivity (Wildman–Crippen MR) is 60.2 cm³/mol. The highest BCUT2D eigenvalue weighted by Gasteiger charge is 2.31. The molecule has 0 heterocycles. The third kappa shape index (κ3) is 2.10. The summed E-state index contributed by atoms with van der Waals surface area (Å²) in [5.74, 6) is 1.12. The molecule has 1 fully saturated rings. The van der Waals surface area contributed by atoms with E-state index in [1.54, 1.807) is 6.07 Å². The second-order valence-electron chi connectivity index (χ2n) is 3.95. The van der Waals surface area contributed by atoms with Gasteiger partial charge in [0.25, 0.3) is 0 Å². The van der Waals surface area contributed by atoms with Gasteiger partial charge in [0.2, 0.25) is 0 Å². The minimum absolute atomic E-state index is 0.313. The van der Waals surface area contributed by atoms with Gasteiger partial charge < -0.3 is 10.4 Å². The Labute approximate surface area is 92.5 Å². The number of hydrogen-bond acceptors (Lipinski definition) is 2. The Bertz CT molecular complexity index is 340. The van der Waals surface area contributed by atoms with Crippen molar-refractivity contribution in [3.63, 3.8) is 0 Å². The van der Waals surface area contributed by atoms with Crippen LogP contribution in [0, 0.1) is 5.92 Å². The lowest BCUT2D eigenvalue weighted by atomic mass is 10.2. The standard InChI is InChI=1S/C11H14BrNO/c1-7-5-9(7)13-6-8-3-2-4-10(14)11(8)12/h2-4,7,9,13-14H,5-6H2,1H3. The van der Waals surface area contributed by atoms with E-state index in [4.69, 9.17) is 0 Å². The molecule has 76 valence electrons. The maximum Gasteiger partial charge on any atom is 0.130 e. The van der Waals surface area contributed by atoms with Crippen LogP contribution < -0.4 is 5.32 Å². The number of phenolic OH excluding ortho intramolecular Hbond substituents is 1. The van der Waals surface area contributed by atoms with E-state index in [0.717, 1.165) is 22.5 Å². The van der Waals surface area contributed by atoms with Crippen LogP contribution in [0.15, 0.2) is 22.7 Å². The first-order chi connectivity index (χ1) is 6.68. The highest BCUT2D eigenvalue weighted by molar-refractivity contribution is 9.10. The Hall–Kier alpha value is -0.540. The monoisotopic (exact) mass is 255 g/mol. The Morgan fingerprint density at radius 2 is 2.29 bits per heavy atom. The third-order valence-corrected chi connectivity index (χ3v) is 3.64. The number of nitrogens with one attached hydrogen (secondary N) is 1. The SMILES string of the molecule is CC1CC1NCc1cccc(O)c1Br. The lowest BCUT2D eigenvalue weighted by Crippen LogP contribution is -2.17. The number of halogens is 1. The molecule has 0 amide bonds. The van der Waals surface area contributed by atoms with Gasteiger partial charge in [-0.25, -0.2) is 0 Å². The van der Waals surface area contributed by atoms with E-state index >= 15 is 0 Å². The number of aromatic hydroxyl groups is 1. The van der Waals surface area contributed by atoms with E-state index in [-0.39, 0.29) is 0 Å². The van der Waals surface area contributed by atoms with Crippen LogP contribution in [0.4, 0.5) is 0 Å². The molecule has 2 atom stereocenters. The summed E-state index contributed by atoms with van der Waals surface area (Å²) < 4.78 is 0.806. The van der Waals surface area contributed by atoms with Crippen molar-refractivity contribution in [1.82, 2.24) is 5.32 Å². The van der Waals surface area contributed by atoms with Gasteiger partial charge in [-0.2, -0.15) is 0 Å². The van der Waals surface area contributed by atoms with Gasteiger partial charge in [0, 0.05) is 12.6 Å². The molecule has 1 aliphatic rings. The molecule has 3 heteroatoms. The molecule has 2 nitrogen and oxygen atoms in total. The van der Waals surface area contributed by atoms with Crippen LogP contribution >= 0.6 is 15.9 Å². The summed E-state index contributed by atoms with van der Waals surface area (Å²) in [5.41, 5.74) is 1.11. The Morgan fingerprint density at radius 1 is 1.57 bits per heavy atom. The summed E-state index contributed by atoms with van der Waals surface area (Å²) >= 11 is 3.38. The average molecular weight is 256 g/mol. The quantitative estimate of drug-likeness (QED) is 0.871. The number of hydrogen-bond donors (Lipinski definition) is 2. The molecule has 0 aromatic heterocycles. The lowest BCUT2D eigenvalue weighted by Gasteiger charge is -2.07. The predicted octanol–water partition coefficient (Wildman–Crippen LogP) is 2.65. The molecule has 14 heavy (non-hydrogen) atoms. The highest BCUT2D eigenvalue weighted by atomic mass is 79.9. The number of rotatable bonds is 3. The van der Waals surface area contributed by atoms with Crippen LogP contribution in [0.2, 0.25) is 0 Å². The molecular weight excluding hydrogens is 242 g/mol. The van der Waals surface area contributed by atoms with E-state index in [9.17, 15) is 5.11 Å². The normalized spacial score (nSPS) is 25.0. The second-order valence-corrected chi connectivity index (χ2v) is 4.74. The first-order valence-electron chi connectivity index (χ1n) is 4.88. The van der Waals surface area contributed by atoms with Crippen molar-refractivity contribution in [1.29, 1.82) is 0 Å². The van der Waals surface area contributed by atoms with Gasteiger partial charge in [-0.15, -0.1) is 0 Å². The molecule has 0 bridgehead atoms. The van der Waals surface area contributed by atoms with Crippen LogP contribution in [0.25, 0.3) is 0 Å². The molecule has 2 rings (SSSR count). The van der Waals surface area contributed by atoms with Gasteiger partial charge in [-0.1, -0.05) is 19.1 Å². The number of benzene rings is 1. The molecule has 0 spiro atoms. The number of phenols is 1. The molecule has 0 radical (unpaired) electrons. The fraction of sp³-hybridized carbons (Fsp3) is 0.455.